The van der Waals surface area contributed by atoms with Gasteiger partial charge in [0.2, 0.25) is 5.91 Å². The predicted molar refractivity (Wildman–Crippen MR) is 161 cm³/mol. The van der Waals surface area contributed by atoms with Gasteiger partial charge in [-0.2, -0.15) is 0 Å². The zero-order valence-electron chi connectivity index (χ0n) is 23.4. The van der Waals surface area contributed by atoms with Crippen LogP contribution in [-0.4, -0.2) is 77.0 Å². The molecule has 212 valence electrons. The first-order chi connectivity index (χ1) is 20.1. The molecule has 0 saturated carbocycles. The maximum atomic E-state index is 12.8. The van der Waals surface area contributed by atoms with Crippen molar-refractivity contribution in [2.24, 2.45) is 0 Å². The third-order valence-electron chi connectivity index (χ3n) is 6.75. The summed E-state index contributed by atoms with van der Waals surface area (Å²) in [7, 11) is 2.13. The van der Waals surface area contributed by atoms with Crippen LogP contribution in [0.25, 0.3) is 10.9 Å². The minimum atomic E-state index is -0.216. The lowest BCUT2D eigenvalue weighted by Gasteiger charge is -2.31. The number of hydrogen-bond acceptors (Lipinski definition) is 9. The Morgan fingerprint density at radius 1 is 1.00 bits per heavy atom. The fourth-order valence-corrected chi connectivity index (χ4v) is 4.48. The maximum Gasteiger partial charge on any atom is 0.248 e. The lowest BCUT2D eigenvalue weighted by Crippen LogP contribution is -2.44. The number of ether oxygens (including phenoxy) is 2. The highest BCUT2D eigenvalue weighted by Crippen LogP contribution is 2.33. The van der Waals surface area contributed by atoms with Gasteiger partial charge in [0.05, 0.1) is 23.5 Å². The summed E-state index contributed by atoms with van der Waals surface area (Å²) in [4.78, 5) is 30.6. The largest absolute Gasteiger partial charge is 0.492 e. The van der Waals surface area contributed by atoms with Crippen LogP contribution in [0, 0.1) is 0 Å². The lowest BCUT2D eigenvalue weighted by atomic mass is 10.1. The second kappa shape index (κ2) is 13.7. The summed E-state index contributed by atoms with van der Waals surface area (Å²) in [5.74, 6) is 1.69. The average Bonchev–Trinajstić information content (AvgIpc) is 2.99. The summed E-state index contributed by atoms with van der Waals surface area (Å²) in [6.45, 7) is 7.57. The van der Waals surface area contributed by atoms with Gasteiger partial charge in [0.1, 0.15) is 30.3 Å². The molecule has 0 bridgehead atoms. The molecule has 0 spiro atoms. The van der Waals surface area contributed by atoms with Gasteiger partial charge in [-0.05, 0) is 56.4 Å². The number of carbonyl (C=O) groups excluding carboxylic acids is 1. The van der Waals surface area contributed by atoms with Crippen LogP contribution in [0.15, 0.2) is 79.3 Å². The molecule has 1 fully saturated rings. The summed E-state index contributed by atoms with van der Waals surface area (Å²) in [5.41, 5.74) is 2.96. The van der Waals surface area contributed by atoms with Crippen molar-refractivity contribution in [2.45, 2.75) is 13.5 Å². The molecule has 0 radical (unpaired) electrons. The summed E-state index contributed by atoms with van der Waals surface area (Å²) in [6, 6.07) is 17.0. The number of carbonyl (C=O) groups is 1. The summed E-state index contributed by atoms with van der Waals surface area (Å²) in [6.07, 6.45) is 6.74. The smallest absolute Gasteiger partial charge is 0.248 e. The molecule has 0 unspecified atom stereocenters. The SMILES string of the molecule is CCOc1cc2ncnc(Nc3ccc(OCc4ccccn4)cc3)c2cc1NC(=O)C=CCN1CCN(C)CC1. The minimum absolute atomic E-state index is 0.216. The minimum Gasteiger partial charge on any atom is -0.492 e. The van der Waals surface area contributed by atoms with E-state index in [-0.39, 0.29) is 5.91 Å². The Balaban J connectivity index is 1.28. The van der Waals surface area contributed by atoms with E-state index >= 15 is 0 Å². The molecule has 4 aromatic rings. The normalized spacial score (nSPS) is 14.3. The van der Waals surface area contributed by atoms with Crippen LogP contribution < -0.4 is 20.1 Å². The number of nitrogens with zero attached hydrogens (tertiary/aromatic N) is 5. The van der Waals surface area contributed by atoms with Crippen LogP contribution >= 0.6 is 0 Å². The fraction of sp³-hybridized carbons (Fsp3) is 0.290. The zero-order valence-corrected chi connectivity index (χ0v) is 23.4. The molecular weight excluding hydrogens is 518 g/mol. The van der Waals surface area contributed by atoms with Gasteiger partial charge in [0.15, 0.2) is 0 Å². The van der Waals surface area contributed by atoms with Crippen LogP contribution in [0.5, 0.6) is 11.5 Å². The van der Waals surface area contributed by atoms with Crippen molar-refractivity contribution in [3.05, 3.63) is 85.0 Å². The van der Waals surface area contributed by atoms with Crippen molar-refractivity contribution in [2.75, 3.05) is 57.0 Å². The Morgan fingerprint density at radius 3 is 2.59 bits per heavy atom. The molecular formula is C31H35N7O3. The lowest BCUT2D eigenvalue weighted by molar-refractivity contribution is -0.111. The quantitative estimate of drug-likeness (QED) is 0.260. The second-order valence-electron chi connectivity index (χ2n) is 9.78. The van der Waals surface area contributed by atoms with Crippen LogP contribution in [-0.2, 0) is 11.4 Å². The average molecular weight is 554 g/mol. The molecule has 1 saturated heterocycles. The van der Waals surface area contributed by atoms with Gasteiger partial charge in [-0.15, -0.1) is 0 Å². The molecule has 10 heteroatoms. The van der Waals surface area contributed by atoms with E-state index in [2.05, 4.69) is 42.4 Å². The van der Waals surface area contributed by atoms with Gasteiger partial charge in [-0.25, -0.2) is 9.97 Å². The molecule has 2 N–H and O–H groups in total. The Labute approximate surface area is 240 Å². The van der Waals surface area contributed by atoms with E-state index in [0.29, 0.717) is 36.0 Å². The number of nitrogens with one attached hydrogen (secondary N) is 2. The predicted octanol–water partition coefficient (Wildman–Crippen LogP) is 4.49. The van der Waals surface area contributed by atoms with Crippen LogP contribution in [0.1, 0.15) is 12.6 Å². The van der Waals surface area contributed by atoms with Gasteiger partial charge >= 0.3 is 0 Å². The van der Waals surface area contributed by atoms with Crippen LogP contribution in [0.4, 0.5) is 17.2 Å². The highest BCUT2D eigenvalue weighted by atomic mass is 16.5. The first kappa shape index (κ1) is 28.0. The van der Waals surface area contributed by atoms with Crippen molar-refractivity contribution in [3.8, 4) is 11.5 Å². The number of hydrogen-bond donors (Lipinski definition) is 2. The summed E-state index contributed by atoms with van der Waals surface area (Å²) in [5, 5.41) is 7.09. The fourth-order valence-electron chi connectivity index (χ4n) is 4.48. The van der Waals surface area contributed by atoms with E-state index in [0.717, 1.165) is 55.2 Å². The van der Waals surface area contributed by atoms with Crippen molar-refractivity contribution >= 4 is 34.0 Å². The van der Waals surface area contributed by atoms with E-state index in [1.807, 2.05) is 67.6 Å². The molecule has 5 rings (SSSR count). The molecule has 2 aromatic carbocycles. The number of rotatable bonds is 11. The highest BCUT2D eigenvalue weighted by Gasteiger charge is 2.14. The van der Waals surface area contributed by atoms with Gasteiger partial charge in [0.25, 0.3) is 0 Å². The van der Waals surface area contributed by atoms with E-state index in [4.69, 9.17) is 9.47 Å². The van der Waals surface area contributed by atoms with E-state index < -0.39 is 0 Å². The van der Waals surface area contributed by atoms with Crippen LogP contribution in [0.3, 0.4) is 0 Å². The van der Waals surface area contributed by atoms with Gasteiger partial charge in [-0.3, -0.25) is 14.7 Å². The van der Waals surface area contributed by atoms with Crippen molar-refractivity contribution < 1.29 is 14.3 Å². The Kier molecular flexibility index (Phi) is 9.35. The number of amides is 1. The first-order valence-corrected chi connectivity index (χ1v) is 13.8. The third-order valence-corrected chi connectivity index (χ3v) is 6.75. The maximum absolute atomic E-state index is 12.8. The molecule has 1 aliphatic heterocycles. The number of piperazine rings is 1. The third kappa shape index (κ3) is 7.77. The van der Waals surface area contributed by atoms with E-state index in [1.165, 1.54) is 6.33 Å². The number of likely N-dealkylation sites (N-methyl/N-ethyl adjacent to an activating group) is 1. The van der Waals surface area contributed by atoms with Gasteiger partial charge in [-0.1, -0.05) is 12.1 Å². The summed E-state index contributed by atoms with van der Waals surface area (Å²) >= 11 is 0. The van der Waals surface area contributed by atoms with Gasteiger partial charge < -0.3 is 25.0 Å². The second-order valence-corrected chi connectivity index (χ2v) is 9.78. The molecule has 0 aliphatic carbocycles. The number of pyridine rings is 1. The van der Waals surface area contributed by atoms with E-state index in [9.17, 15) is 4.79 Å². The number of aromatic nitrogens is 3. The molecule has 0 atom stereocenters. The molecule has 10 nitrogen and oxygen atoms in total. The zero-order chi connectivity index (χ0) is 28.4. The Morgan fingerprint density at radius 2 is 1.83 bits per heavy atom. The summed E-state index contributed by atoms with van der Waals surface area (Å²) < 4.78 is 11.7. The Hall–Kier alpha value is -4.54. The van der Waals surface area contributed by atoms with Crippen molar-refractivity contribution in [3.63, 3.8) is 0 Å². The molecule has 41 heavy (non-hydrogen) atoms. The van der Waals surface area contributed by atoms with Crippen LogP contribution in [0.2, 0.25) is 0 Å². The van der Waals surface area contributed by atoms with Crippen molar-refractivity contribution in [1.29, 1.82) is 0 Å². The topological polar surface area (TPSA) is 105 Å². The Bertz CT molecular complexity index is 1470. The van der Waals surface area contributed by atoms with Crippen molar-refractivity contribution in [1.82, 2.24) is 24.8 Å². The number of fused-ring (bicyclic) bond motifs is 1. The first-order valence-electron chi connectivity index (χ1n) is 13.8. The molecule has 3 heterocycles. The molecule has 1 amide bonds. The molecule has 1 aliphatic rings. The monoisotopic (exact) mass is 553 g/mol. The van der Waals surface area contributed by atoms with E-state index in [1.54, 1.807) is 12.3 Å². The standard InChI is InChI=1S/C31H35N7O3/c1-3-40-29-20-27-26(19-28(29)36-30(39)8-6-14-38-17-15-37(2)16-18-38)31(34-22-33-27)35-23-9-11-25(12-10-23)41-21-24-7-4-5-13-32-24/h4-13,19-20,22H,3,14-18,21H2,1-2H3,(H,36,39)(H,33,34,35). The number of anilines is 3. The number of benzene rings is 2. The molecule has 2 aromatic heterocycles. The van der Waals surface area contributed by atoms with Gasteiger partial charge in [0, 0.05) is 62.1 Å². The highest BCUT2D eigenvalue weighted by molar-refractivity contribution is 6.03.